The molecule has 0 spiro atoms. The quantitative estimate of drug-likeness (QED) is 0.477. The van der Waals surface area contributed by atoms with Crippen molar-refractivity contribution in [2.24, 2.45) is 0 Å². The molecule has 0 saturated heterocycles. The van der Waals surface area contributed by atoms with Crippen molar-refractivity contribution < 1.29 is 33.5 Å². The Labute approximate surface area is 64.5 Å². The van der Waals surface area contributed by atoms with Crippen LogP contribution in [0.2, 0.25) is 0 Å². The Morgan fingerprint density at radius 2 is 0.667 bits per heavy atom. The van der Waals surface area contributed by atoms with Crippen LogP contribution in [0.1, 0.15) is 0 Å². The van der Waals surface area contributed by atoms with Gasteiger partial charge in [0.05, 0.1) is 0 Å². The molecule has 0 bridgehead atoms. The summed E-state index contributed by atoms with van der Waals surface area (Å²) in [7, 11) is 0. The molecule has 0 radical (unpaired) electrons. The van der Waals surface area contributed by atoms with Crippen molar-refractivity contribution in [3.05, 3.63) is 0 Å². The molecule has 6 heavy (non-hydrogen) atoms. The van der Waals surface area contributed by atoms with Gasteiger partial charge in [0.2, 0.25) is 0 Å². The zero-order valence-corrected chi connectivity index (χ0v) is 7.07. The fourth-order valence-electron chi connectivity index (χ4n) is 0. The second-order valence-corrected chi connectivity index (χ2v) is 0. The third-order valence-corrected chi connectivity index (χ3v) is 0. The van der Waals surface area contributed by atoms with Gasteiger partial charge in [-0.25, -0.2) is 0 Å². The predicted octanol–water partition coefficient (Wildman–Crippen LogP) is -2.09. The van der Waals surface area contributed by atoms with Crippen LogP contribution >= 0.6 is 12.4 Å². The molecule has 0 atom stereocenters. The van der Waals surface area contributed by atoms with Gasteiger partial charge in [-0.3, -0.25) is 0 Å². The molecule has 0 amide bonds. The summed E-state index contributed by atoms with van der Waals surface area (Å²) in [6.07, 6.45) is 0. The summed E-state index contributed by atoms with van der Waals surface area (Å²) in [5, 5.41) is 0. The van der Waals surface area contributed by atoms with Crippen LogP contribution in [0.3, 0.4) is 0 Å². The van der Waals surface area contributed by atoms with Crippen LogP contribution in [-0.2, 0) is 21.1 Å². The molecular formula is H10Cl2N3Pt-. The Hall–Kier alpha value is 1.15. The second kappa shape index (κ2) is 124. The molecule has 6 heteroatoms. The van der Waals surface area contributed by atoms with E-state index in [1.165, 1.54) is 0 Å². The molecule has 0 aliphatic heterocycles. The van der Waals surface area contributed by atoms with Crippen molar-refractivity contribution in [3.63, 3.8) is 0 Å². The van der Waals surface area contributed by atoms with E-state index in [4.69, 9.17) is 0 Å². The standard InChI is InChI=1S/2ClH.3H3N.Pt/h2*1H;3*1H3;/p-1. The molecule has 0 fully saturated rings. The van der Waals surface area contributed by atoms with Crippen LogP contribution < -0.4 is 30.9 Å². The Morgan fingerprint density at radius 3 is 0.667 bits per heavy atom. The number of hydrogen-bond donors (Lipinski definition) is 3. The van der Waals surface area contributed by atoms with Gasteiger partial charge < -0.3 is 30.9 Å². The number of hydrogen-bond acceptors (Lipinski definition) is 3. The van der Waals surface area contributed by atoms with E-state index < -0.39 is 0 Å². The third kappa shape index (κ3) is 67.2. The first-order chi connectivity index (χ1) is 0. The molecule has 0 unspecified atom stereocenters. The molecule has 50 valence electrons. The second-order valence-electron chi connectivity index (χ2n) is 0. The van der Waals surface area contributed by atoms with Crippen LogP contribution in [0.15, 0.2) is 0 Å². The van der Waals surface area contributed by atoms with Crippen molar-refractivity contribution in [1.29, 1.82) is 0 Å². The smallest absolute Gasteiger partial charge is 0 e. The van der Waals surface area contributed by atoms with E-state index in [1.807, 2.05) is 0 Å². The van der Waals surface area contributed by atoms with E-state index in [-0.39, 0.29) is 64.3 Å². The van der Waals surface area contributed by atoms with Crippen molar-refractivity contribution >= 4 is 12.4 Å². The van der Waals surface area contributed by atoms with Gasteiger partial charge in [0.1, 0.15) is 0 Å². The largest absolute Gasteiger partial charge is 1.00 e. The zero-order valence-electron chi connectivity index (χ0n) is 3.22. The van der Waals surface area contributed by atoms with Gasteiger partial charge in [-0.15, -0.1) is 12.4 Å². The summed E-state index contributed by atoms with van der Waals surface area (Å²) in [6, 6.07) is 0. The van der Waals surface area contributed by atoms with Crippen LogP contribution in [0.4, 0.5) is 0 Å². The van der Waals surface area contributed by atoms with E-state index in [2.05, 4.69) is 0 Å². The molecule has 0 aromatic carbocycles. The molecule has 3 nitrogen and oxygen atoms in total. The molecule has 0 aromatic heterocycles. The Bertz CT molecular complexity index is 8.75. The fraction of sp³-hybridized carbons (Fsp3) is 0. The summed E-state index contributed by atoms with van der Waals surface area (Å²) < 4.78 is 0. The van der Waals surface area contributed by atoms with E-state index in [0.717, 1.165) is 0 Å². The molecule has 0 aromatic rings. The minimum atomic E-state index is 0. The van der Waals surface area contributed by atoms with E-state index in [1.54, 1.807) is 0 Å². The first-order valence-corrected chi connectivity index (χ1v) is 0. The molecule has 0 aliphatic carbocycles. The van der Waals surface area contributed by atoms with Crippen LogP contribution in [0.25, 0.3) is 0 Å². The third-order valence-electron chi connectivity index (χ3n) is 0. The molecule has 0 rings (SSSR count). The molecule has 9 N–H and O–H groups in total. The summed E-state index contributed by atoms with van der Waals surface area (Å²) in [6.45, 7) is 0. The molecule has 0 aliphatic rings. The van der Waals surface area contributed by atoms with Gasteiger partial charge >= 0.3 is 0 Å². The van der Waals surface area contributed by atoms with E-state index in [0.29, 0.717) is 0 Å². The SMILES string of the molecule is Cl.N.N.N.[Cl-].[Pt]. The Balaban J connectivity index is 0. The maximum absolute atomic E-state index is 0. The molecule has 0 saturated carbocycles. The minimum Gasteiger partial charge on any atom is -1.00 e. The van der Waals surface area contributed by atoms with Gasteiger partial charge in [0.15, 0.2) is 0 Å². The van der Waals surface area contributed by atoms with Crippen molar-refractivity contribution in [2.45, 2.75) is 0 Å². The first-order valence-electron chi connectivity index (χ1n) is 0. The summed E-state index contributed by atoms with van der Waals surface area (Å²) >= 11 is 0. The van der Waals surface area contributed by atoms with Gasteiger partial charge in [-0.05, 0) is 0 Å². The van der Waals surface area contributed by atoms with Crippen LogP contribution in [-0.4, -0.2) is 0 Å². The fourth-order valence-corrected chi connectivity index (χ4v) is 0. The normalized spacial score (nSPS) is 0. The van der Waals surface area contributed by atoms with Crippen molar-refractivity contribution in [3.8, 4) is 0 Å². The molecular weight excluding hydrogens is 308 g/mol. The van der Waals surface area contributed by atoms with Crippen LogP contribution in [0.5, 0.6) is 0 Å². The maximum Gasteiger partial charge on any atom is 0 e. The summed E-state index contributed by atoms with van der Waals surface area (Å²) in [5.74, 6) is 0. The van der Waals surface area contributed by atoms with Crippen LogP contribution in [0, 0.1) is 0 Å². The van der Waals surface area contributed by atoms with Gasteiger partial charge in [0, 0.05) is 21.1 Å². The Kier molecular flexibility index (Phi) is 4220. The van der Waals surface area contributed by atoms with Gasteiger partial charge in [-0.2, -0.15) is 0 Å². The minimum absolute atomic E-state index is 0. The monoisotopic (exact) mass is 317 g/mol. The average Bonchev–Trinajstić information content (AvgIpc) is 0. The van der Waals surface area contributed by atoms with Crippen molar-refractivity contribution in [1.82, 2.24) is 18.5 Å². The number of rotatable bonds is 0. The number of halogens is 2. The van der Waals surface area contributed by atoms with E-state index >= 15 is 0 Å². The predicted molar refractivity (Wildman–Crippen MR) is 22.3 cm³/mol. The topological polar surface area (TPSA) is 105 Å². The van der Waals surface area contributed by atoms with Gasteiger partial charge in [-0.1, -0.05) is 0 Å². The summed E-state index contributed by atoms with van der Waals surface area (Å²) in [5.41, 5.74) is 0. The average molecular weight is 318 g/mol. The molecule has 0 heterocycles. The van der Waals surface area contributed by atoms with Crippen molar-refractivity contribution in [2.75, 3.05) is 0 Å². The first kappa shape index (κ1) is 205. The van der Waals surface area contributed by atoms with E-state index in [9.17, 15) is 0 Å². The van der Waals surface area contributed by atoms with Gasteiger partial charge in [0.25, 0.3) is 0 Å². The Morgan fingerprint density at radius 1 is 0.667 bits per heavy atom. The zero-order chi connectivity index (χ0) is 0. The maximum atomic E-state index is 0. The summed E-state index contributed by atoms with van der Waals surface area (Å²) in [4.78, 5) is 0.